The standard InChI is InChI=1S/C21H21N3O7/c1-28-15-9-17(30-3)16(29-2)8-12(15)10-22-18(25)11-31-21(27)19-13-6-4-5-7-14(13)20(26)24-23-19/h4-9H,10-11H2,1-3H3,(H,22,25)(H,24,26). The number of methoxy groups -OCH3 is 3. The van der Waals surface area contributed by atoms with Gasteiger partial charge in [0.05, 0.1) is 26.7 Å². The summed E-state index contributed by atoms with van der Waals surface area (Å²) >= 11 is 0. The maximum atomic E-state index is 12.4. The predicted molar refractivity (Wildman–Crippen MR) is 111 cm³/mol. The van der Waals surface area contributed by atoms with Crippen molar-refractivity contribution in [2.45, 2.75) is 6.54 Å². The lowest BCUT2D eigenvalue weighted by Gasteiger charge is -2.14. The van der Waals surface area contributed by atoms with E-state index in [2.05, 4.69) is 15.5 Å². The first-order valence-corrected chi connectivity index (χ1v) is 9.18. The second kappa shape index (κ2) is 9.61. The molecule has 0 saturated carbocycles. The molecule has 1 aromatic heterocycles. The highest BCUT2D eigenvalue weighted by molar-refractivity contribution is 6.02. The molecule has 162 valence electrons. The summed E-state index contributed by atoms with van der Waals surface area (Å²) in [7, 11) is 4.50. The van der Waals surface area contributed by atoms with Crippen molar-refractivity contribution in [1.82, 2.24) is 15.5 Å². The van der Waals surface area contributed by atoms with Crippen LogP contribution in [0.1, 0.15) is 16.1 Å². The lowest BCUT2D eigenvalue weighted by Crippen LogP contribution is -2.29. The molecule has 1 heterocycles. The van der Waals surface area contributed by atoms with E-state index in [9.17, 15) is 14.4 Å². The summed E-state index contributed by atoms with van der Waals surface area (Å²) in [6, 6.07) is 9.81. The van der Waals surface area contributed by atoms with Gasteiger partial charge in [-0.05, 0) is 12.1 Å². The van der Waals surface area contributed by atoms with Crippen LogP contribution in [0.5, 0.6) is 17.2 Å². The first-order valence-electron chi connectivity index (χ1n) is 9.18. The number of carbonyl (C=O) groups is 2. The van der Waals surface area contributed by atoms with Crippen molar-refractivity contribution < 1.29 is 28.5 Å². The van der Waals surface area contributed by atoms with Crippen molar-refractivity contribution in [2.75, 3.05) is 27.9 Å². The van der Waals surface area contributed by atoms with Gasteiger partial charge in [0.1, 0.15) is 5.75 Å². The molecule has 0 spiro atoms. The number of esters is 1. The van der Waals surface area contributed by atoms with Crippen molar-refractivity contribution in [3.8, 4) is 17.2 Å². The fourth-order valence-corrected chi connectivity index (χ4v) is 2.95. The van der Waals surface area contributed by atoms with Gasteiger partial charge in [0.15, 0.2) is 23.8 Å². The molecule has 0 unspecified atom stereocenters. The van der Waals surface area contributed by atoms with Gasteiger partial charge in [-0.3, -0.25) is 9.59 Å². The van der Waals surface area contributed by atoms with Gasteiger partial charge in [-0.2, -0.15) is 5.10 Å². The highest BCUT2D eigenvalue weighted by atomic mass is 16.5. The number of ether oxygens (including phenoxy) is 4. The zero-order chi connectivity index (χ0) is 22.4. The average Bonchev–Trinajstić information content (AvgIpc) is 2.80. The molecule has 0 aliphatic carbocycles. The third kappa shape index (κ3) is 4.74. The van der Waals surface area contributed by atoms with Crippen LogP contribution < -0.4 is 25.1 Å². The van der Waals surface area contributed by atoms with Gasteiger partial charge < -0.3 is 24.3 Å². The molecule has 3 aromatic rings. The first-order chi connectivity index (χ1) is 15.0. The Morgan fingerprint density at radius 1 is 0.968 bits per heavy atom. The molecule has 2 N–H and O–H groups in total. The Balaban J connectivity index is 1.64. The van der Waals surface area contributed by atoms with Crippen molar-refractivity contribution in [2.24, 2.45) is 0 Å². The third-order valence-corrected chi connectivity index (χ3v) is 4.49. The summed E-state index contributed by atoms with van der Waals surface area (Å²) in [5.74, 6) is 0.114. The molecule has 3 rings (SSSR count). The van der Waals surface area contributed by atoms with Crippen LogP contribution in [-0.4, -0.2) is 50.0 Å². The highest BCUT2D eigenvalue weighted by Gasteiger charge is 2.17. The van der Waals surface area contributed by atoms with E-state index in [4.69, 9.17) is 18.9 Å². The van der Waals surface area contributed by atoms with Gasteiger partial charge in [-0.15, -0.1) is 0 Å². The fourth-order valence-electron chi connectivity index (χ4n) is 2.95. The Morgan fingerprint density at radius 2 is 1.61 bits per heavy atom. The second-order valence-electron chi connectivity index (χ2n) is 6.32. The number of aromatic amines is 1. The number of fused-ring (bicyclic) bond motifs is 1. The molecule has 0 aliphatic rings. The monoisotopic (exact) mass is 427 g/mol. The summed E-state index contributed by atoms with van der Waals surface area (Å²) in [5, 5.41) is 9.28. The number of benzene rings is 2. The zero-order valence-corrected chi connectivity index (χ0v) is 17.2. The fraction of sp³-hybridized carbons (Fsp3) is 0.238. The molecule has 10 heteroatoms. The van der Waals surface area contributed by atoms with Gasteiger partial charge in [-0.25, -0.2) is 9.89 Å². The van der Waals surface area contributed by atoms with Crippen LogP contribution in [0, 0.1) is 0 Å². The Kier molecular flexibility index (Phi) is 6.71. The van der Waals surface area contributed by atoms with Gasteiger partial charge >= 0.3 is 5.97 Å². The van der Waals surface area contributed by atoms with Crippen molar-refractivity contribution in [3.05, 3.63) is 58.0 Å². The van der Waals surface area contributed by atoms with Crippen LogP contribution in [0.3, 0.4) is 0 Å². The van der Waals surface area contributed by atoms with Crippen LogP contribution in [0.4, 0.5) is 0 Å². The van der Waals surface area contributed by atoms with Crippen LogP contribution in [0.25, 0.3) is 10.8 Å². The largest absolute Gasteiger partial charge is 0.496 e. The molecule has 0 bridgehead atoms. The maximum Gasteiger partial charge on any atom is 0.359 e. The minimum absolute atomic E-state index is 0.0791. The maximum absolute atomic E-state index is 12.4. The van der Waals surface area contributed by atoms with Crippen molar-refractivity contribution in [3.63, 3.8) is 0 Å². The normalized spacial score (nSPS) is 10.4. The van der Waals surface area contributed by atoms with E-state index in [-0.39, 0.29) is 12.2 Å². The number of nitrogens with zero attached hydrogens (tertiary/aromatic N) is 1. The number of hydrogen-bond donors (Lipinski definition) is 2. The molecular weight excluding hydrogens is 406 g/mol. The summed E-state index contributed by atoms with van der Waals surface area (Å²) in [4.78, 5) is 36.4. The summed E-state index contributed by atoms with van der Waals surface area (Å²) in [5.41, 5.74) is 0.145. The number of nitrogens with one attached hydrogen (secondary N) is 2. The van der Waals surface area contributed by atoms with E-state index in [1.165, 1.54) is 21.3 Å². The summed E-state index contributed by atoms with van der Waals surface area (Å²) in [6.45, 7) is -0.413. The number of hydrogen-bond acceptors (Lipinski definition) is 8. The average molecular weight is 427 g/mol. The Morgan fingerprint density at radius 3 is 2.29 bits per heavy atom. The van der Waals surface area contributed by atoms with Gasteiger partial charge in [0, 0.05) is 23.6 Å². The Bertz CT molecular complexity index is 1170. The molecular formula is C21H21N3O7. The molecule has 31 heavy (non-hydrogen) atoms. The summed E-state index contributed by atoms with van der Waals surface area (Å²) < 4.78 is 20.9. The van der Waals surface area contributed by atoms with E-state index < -0.39 is 24.0 Å². The zero-order valence-electron chi connectivity index (χ0n) is 17.2. The predicted octanol–water partition coefficient (Wildman–Crippen LogP) is 1.42. The SMILES string of the molecule is COc1cc(OC)c(OC)cc1CNC(=O)COC(=O)c1n[nH]c(=O)c2ccccc12. The van der Waals surface area contributed by atoms with Crippen LogP contribution in [0.15, 0.2) is 41.2 Å². The number of H-pyrrole nitrogens is 1. The van der Waals surface area contributed by atoms with Crippen LogP contribution in [-0.2, 0) is 16.1 Å². The van der Waals surface area contributed by atoms with Gasteiger partial charge in [0.2, 0.25) is 0 Å². The highest BCUT2D eigenvalue weighted by Crippen LogP contribution is 2.34. The molecule has 10 nitrogen and oxygen atoms in total. The lowest BCUT2D eigenvalue weighted by atomic mass is 10.1. The quantitative estimate of drug-likeness (QED) is 0.517. The van der Waals surface area contributed by atoms with E-state index in [1.54, 1.807) is 36.4 Å². The molecule has 0 fully saturated rings. The van der Waals surface area contributed by atoms with Crippen molar-refractivity contribution in [1.29, 1.82) is 0 Å². The third-order valence-electron chi connectivity index (χ3n) is 4.49. The molecule has 2 aromatic carbocycles. The summed E-state index contributed by atoms with van der Waals surface area (Å²) in [6.07, 6.45) is 0. The molecule has 0 radical (unpaired) electrons. The number of amides is 1. The van der Waals surface area contributed by atoms with Gasteiger partial charge in [0.25, 0.3) is 11.5 Å². The molecule has 0 aliphatic heterocycles. The van der Waals surface area contributed by atoms with Crippen molar-refractivity contribution >= 4 is 22.6 Å². The molecule has 0 saturated heterocycles. The minimum atomic E-state index is -0.828. The Labute approximate surface area is 177 Å². The lowest BCUT2D eigenvalue weighted by molar-refractivity contribution is -0.124. The second-order valence-corrected chi connectivity index (χ2v) is 6.32. The van der Waals surface area contributed by atoms with E-state index in [0.29, 0.717) is 33.6 Å². The van der Waals surface area contributed by atoms with E-state index in [0.717, 1.165) is 0 Å². The van der Waals surface area contributed by atoms with Crippen LogP contribution in [0.2, 0.25) is 0 Å². The number of rotatable bonds is 8. The molecule has 0 atom stereocenters. The topological polar surface area (TPSA) is 129 Å². The van der Waals surface area contributed by atoms with Crippen LogP contribution >= 0.6 is 0 Å². The molecule has 1 amide bonds. The van der Waals surface area contributed by atoms with Gasteiger partial charge in [-0.1, -0.05) is 18.2 Å². The van der Waals surface area contributed by atoms with E-state index in [1.807, 2.05) is 0 Å². The smallest absolute Gasteiger partial charge is 0.359 e. The van der Waals surface area contributed by atoms with E-state index >= 15 is 0 Å². The first kappa shape index (κ1) is 21.6. The Hall–Kier alpha value is -4.08. The minimum Gasteiger partial charge on any atom is -0.496 e. The number of carbonyl (C=O) groups excluding carboxylic acids is 2. The number of aromatic nitrogens is 2.